The zero-order valence-electron chi connectivity index (χ0n) is 12.1. The lowest BCUT2D eigenvalue weighted by Gasteiger charge is -2.23. The van der Waals surface area contributed by atoms with Crippen molar-refractivity contribution >= 4 is 10.0 Å². The molecular formula is C14H21FN2O3S. The summed E-state index contributed by atoms with van der Waals surface area (Å²) in [6.45, 7) is 3.09. The molecule has 1 saturated heterocycles. The second-order valence-corrected chi connectivity index (χ2v) is 6.99. The van der Waals surface area contributed by atoms with Gasteiger partial charge in [-0.1, -0.05) is 6.92 Å². The van der Waals surface area contributed by atoms with Gasteiger partial charge in [0.05, 0.1) is 11.0 Å². The Hall–Kier alpha value is -1.02. The Balaban J connectivity index is 2.25. The highest BCUT2D eigenvalue weighted by Gasteiger charge is 2.28. The molecule has 0 spiro atoms. The molecule has 1 heterocycles. The topological polar surface area (TPSA) is 72.6 Å². The molecule has 1 unspecified atom stereocenters. The van der Waals surface area contributed by atoms with E-state index in [9.17, 15) is 12.8 Å². The van der Waals surface area contributed by atoms with Crippen LogP contribution in [0.5, 0.6) is 0 Å². The molecule has 1 atom stereocenters. The molecule has 1 fully saturated rings. The molecule has 2 rings (SSSR count). The molecule has 2 N–H and O–H groups in total. The number of sulfonamides is 1. The molecule has 1 aromatic carbocycles. The lowest BCUT2D eigenvalue weighted by atomic mass is 10.2. The number of nitrogens with zero attached hydrogens (tertiary/aromatic N) is 1. The first-order valence-electron chi connectivity index (χ1n) is 7.09. The van der Waals surface area contributed by atoms with Crippen LogP contribution in [-0.4, -0.2) is 38.5 Å². The van der Waals surface area contributed by atoms with Crippen LogP contribution in [0.2, 0.25) is 0 Å². The lowest BCUT2D eigenvalue weighted by molar-refractivity contribution is 0.0947. The SMILES string of the molecule is CCN(CC1CCCO1)S(=O)(=O)c1ccc(F)c(CN)c1. The first kappa shape index (κ1) is 16.4. The highest BCUT2D eigenvalue weighted by atomic mass is 32.2. The van der Waals surface area contributed by atoms with Crippen LogP contribution in [0.1, 0.15) is 25.3 Å². The fraction of sp³-hybridized carbons (Fsp3) is 0.571. The highest BCUT2D eigenvalue weighted by Crippen LogP contribution is 2.21. The summed E-state index contributed by atoms with van der Waals surface area (Å²) >= 11 is 0. The molecule has 5 nitrogen and oxygen atoms in total. The maximum absolute atomic E-state index is 13.5. The van der Waals surface area contributed by atoms with Gasteiger partial charge in [0.25, 0.3) is 0 Å². The summed E-state index contributed by atoms with van der Waals surface area (Å²) in [6, 6.07) is 3.74. The number of hydrogen-bond donors (Lipinski definition) is 1. The van der Waals surface area contributed by atoms with Crippen molar-refractivity contribution < 1.29 is 17.5 Å². The van der Waals surface area contributed by atoms with Crippen molar-refractivity contribution in [3.8, 4) is 0 Å². The molecule has 0 radical (unpaired) electrons. The molecule has 0 aliphatic carbocycles. The quantitative estimate of drug-likeness (QED) is 0.863. The molecule has 1 aromatic rings. The molecule has 0 aromatic heterocycles. The third kappa shape index (κ3) is 3.60. The van der Waals surface area contributed by atoms with Crippen molar-refractivity contribution in [3.05, 3.63) is 29.6 Å². The number of benzene rings is 1. The van der Waals surface area contributed by atoms with Crippen LogP contribution in [0.3, 0.4) is 0 Å². The van der Waals surface area contributed by atoms with E-state index in [0.717, 1.165) is 18.9 Å². The number of hydrogen-bond acceptors (Lipinski definition) is 4. The van der Waals surface area contributed by atoms with Crippen LogP contribution in [0.15, 0.2) is 23.1 Å². The van der Waals surface area contributed by atoms with Crippen molar-refractivity contribution in [2.24, 2.45) is 5.73 Å². The van der Waals surface area contributed by atoms with E-state index in [-0.39, 0.29) is 23.1 Å². The van der Waals surface area contributed by atoms with Crippen molar-refractivity contribution in [2.75, 3.05) is 19.7 Å². The van der Waals surface area contributed by atoms with Crippen LogP contribution < -0.4 is 5.73 Å². The van der Waals surface area contributed by atoms with Crippen LogP contribution >= 0.6 is 0 Å². The summed E-state index contributed by atoms with van der Waals surface area (Å²) < 4.78 is 45.6. The van der Waals surface area contributed by atoms with Gasteiger partial charge in [-0.15, -0.1) is 0 Å². The molecule has 0 bridgehead atoms. The van der Waals surface area contributed by atoms with Crippen molar-refractivity contribution in [2.45, 2.75) is 37.3 Å². The Kier molecular flexibility index (Phi) is 5.32. The Labute approximate surface area is 124 Å². The summed E-state index contributed by atoms with van der Waals surface area (Å²) in [4.78, 5) is 0.0733. The van der Waals surface area contributed by atoms with Gasteiger partial charge in [-0.3, -0.25) is 0 Å². The highest BCUT2D eigenvalue weighted by molar-refractivity contribution is 7.89. The second kappa shape index (κ2) is 6.83. The minimum absolute atomic E-state index is 0.0347. The van der Waals surface area contributed by atoms with Crippen molar-refractivity contribution in [1.29, 1.82) is 0 Å². The van der Waals surface area contributed by atoms with Gasteiger partial charge in [-0.25, -0.2) is 12.8 Å². The van der Waals surface area contributed by atoms with E-state index in [0.29, 0.717) is 19.7 Å². The van der Waals surface area contributed by atoms with Gasteiger partial charge in [0.15, 0.2) is 0 Å². The monoisotopic (exact) mass is 316 g/mol. The lowest BCUT2D eigenvalue weighted by Crippen LogP contribution is -2.37. The van der Waals surface area contributed by atoms with Crippen molar-refractivity contribution in [1.82, 2.24) is 4.31 Å². The number of likely N-dealkylation sites (N-methyl/N-ethyl adjacent to an activating group) is 1. The summed E-state index contributed by atoms with van der Waals surface area (Å²) in [5, 5.41) is 0. The van der Waals surface area contributed by atoms with Crippen LogP contribution in [0, 0.1) is 5.82 Å². The van der Waals surface area contributed by atoms with Gasteiger partial charge >= 0.3 is 0 Å². The van der Waals surface area contributed by atoms with E-state index in [4.69, 9.17) is 10.5 Å². The molecular weight excluding hydrogens is 295 g/mol. The molecule has 0 saturated carbocycles. The zero-order valence-corrected chi connectivity index (χ0v) is 12.9. The zero-order chi connectivity index (χ0) is 15.5. The maximum Gasteiger partial charge on any atom is 0.243 e. The number of ether oxygens (including phenoxy) is 1. The number of halogens is 1. The van der Waals surface area contributed by atoms with E-state index in [1.807, 2.05) is 0 Å². The fourth-order valence-electron chi connectivity index (χ4n) is 2.43. The van der Waals surface area contributed by atoms with Gasteiger partial charge in [0.2, 0.25) is 10.0 Å². The second-order valence-electron chi connectivity index (χ2n) is 5.05. The standard InChI is InChI=1S/C14H21FN2O3S/c1-2-17(10-12-4-3-7-20-12)21(18,19)13-5-6-14(15)11(8-13)9-16/h5-6,8,12H,2-4,7,9-10,16H2,1H3. The summed E-state index contributed by atoms with van der Waals surface area (Å²) in [5.41, 5.74) is 5.63. The number of nitrogens with two attached hydrogens (primary N) is 1. The van der Waals surface area contributed by atoms with Gasteiger partial charge in [0.1, 0.15) is 5.82 Å². The Morgan fingerprint density at radius 2 is 2.24 bits per heavy atom. The smallest absolute Gasteiger partial charge is 0.243 e. The predicted molar refractivity (Wildman–Crippen MR) is 77.7 cm³/mol. The van der Waals surface area contributed by atoms with E-state index in [1.54, 1.807) is 6.92 Å². The van der Waals surface area contributed by atoms with E-state index in [1.165, 1.54) is 16.4 Å². The first-order chi connectivity index (χ1) is 9.98. The molecule has 21 heavy (non-hydrogen) atoms. The molecule has 7 heteroatoms. The van der Waals surface area contributed by atoms with E-state index < -0.39 is 15.8 Å². The average Bonchev–Trinajstić information content (AvgIpc) is 2.97. The molecule has 118 valence electrons. The largest absolute Gasteiger partial charge is 0.377 e. The third-order valence-electron chi connectivity index (χ3n) is 3.66. The van der Waals surface area contributed by atoms with Crippen molar-refractivity contribution in [3.63, 3.8) is 0 Å². The van der Waals surface area contributed by atoms with E-state index >= 15 is 0 Å². The van der Waals surface area contributed by atoms with Gasteiger partial charge in [0, 0.05) is 31.8 Å². The minimum Gasteiger partial charge on any atom is -0.377 e. The van der Waals surface area contributed by atoms with Crippen LogP contribution in [-0.2, 0) is 21.3 Å². The normalized spacial score (nSPS) is 19.3. The average molecular weight is 316 g/mol. The molecule has 1 aliphatic heterocycles. The summed E-state index contributed by atoms with van der Waals surface area (Å²) in [6.07, 6.45) is 1.76. The first-order valence-corrected chi connectivity index (χ1v) is 8.53. The Morgan fingerprint density at radius 1 is 1.48 bits per heavy atom. The maximum atomic E-state index is 13.5. The minimum atomic E-state index is -3.66. The Bertz CT molecular complexity index is 586. The van der Waals surface area contributed by atoms with E-state index in [2.05, 4.69) is 0 Å². The predicted octanol–water partition coefficient (Wildman–Crippen LogP) is 1.47. The van der Waals surface area contributed by atoms with Gasteiger partial charge in [-0.2, -0.15) is 4.31 Å². The van der Waals surface area contributed by atoms with Gasteiger partial charge in [-0.05, 0) is 31.0 Å². The summed E-state index contributed by atoms with van der Waals surface area (Å²) in [7, 11) is -3.66. The Morgan fingerprint density at radius 3 is 2.81 bits per heavy atom. The van der Waals surface area contributed by atoms with Gasteiger partial charge < -0.3 is 10.5 Å². The fourth-order valence-corrected chi connectivity index (χ4v) is 3.96. The molecule has 0 amide bonds. The molecule has 1 aliphatic rings. The number of rotatable bonds is 6. The van der Waals surface area contributed by atoms with Crippen LogP contribution in [0.25, 0.3) is 0 Å². The van der Waals surface area contributed by atoms with Crippen LogP contribution in [0.4, 0.5) is 4.39 Å². The summed E-state index contributed by atoms with van der Waals surface area (Å²) in [5.74, 6) is -0.487. The third-order valence-corrected chi connectivity index (χ3v) is 5.60.